The number of pyridine rings is 1. The van der Waals surface area contributed by atoms with Crippen molar-refractivity contribution in [2.24, 2.45) is 0 Å². The van der Waals surface area contributed by atoms with Gasteiger partial charge in [0.1, 0.15) is 0 Å². The number of likely N-dealkylation sites (N-methyl/N-ethyl adjacent to an activating group) is 1. The molecule has 3 heteroatoms. The molecule has 0 amide bonds. The Morgan fingerprint density at radius 1 is 1.35 bits per heavy atom. The number of aryl methyl sites for hydroxylation is 2. The molecule has 94 valence electrons. The third kappa shape index (κ3) is 3.79. The van der Waals surface area contributed by atoms with Crippen LogP contribution in [0.1, 0.15) is 29.8 Å². The molecule has 1 fully saturated rings. The Kier molecular flexibility index (Phi) is 4.13. The molecule has 1 aromatic rings. The molecular weight excluding hydrogens is 212 g/mol. The molecular formula is C14H22N2O. The van der Waals surface area contributed by atoms with Crippen molar-refractivity contribution >= 4 is 0 Å². The molecule has 2 heterocycles. The average Bonchev–Trinajstić information content (AvgIpc) is 2.25. The van der Waals surface area contributed by atoms with Gasteiger partial charge in [-0.2, -0.15) is 0 Å². The van der Waals surface area contributed by atoms with Gasteiger partial charge in [-0.05, 0) is 58.0 Å². The predicted octanol–water partition coefficient (Wildman–Crippen LogP) is 2.31. The van der Waals surface area contributed by atoms with E-state index in [0.29, 0.717) is 12.7 Å². The molecule has 0 aliphatic carbocycles. The molecule has 0 spiro atoms. The molecule has 17 heavy (non-hydrogen) atoms. The first-order valence-electron chi connectivity index (χ1n) is 6.38. The molecule has 1 aromatic heterocycles. The number of rotatable bonds is 3. The summed E-state index contributed by atoms with van der Waals surface area (Å²) in [5.41, 5.74) is 3.39. The molecule has 1 saturated heterocycles. The van der Waals surface area contributed by atoms with Crippen molar-refractivity contribution in [1.82, 2.24) is 9.88 Å². The molecule has 0 N–H and O–H groups in total. The molecule has 0 radical (unpaired) electrons. The Morgan fingerprint density at radius 2 is 2.06 bits per heavy atom. The van der Waals surface area contributed by atoms with Gasteiger partial charge in [0.15, 0.2) is 0 Å². The molecule has 0 aromatic carbocycles. The van der Waals surface area contributed by atoms with Crippen LogP contribution in [-0.2, 0) is 11.3 Å². The van der Waals surface area contributed by atoms with Crippen molar-refractivity contribution in [1.29, 1.82) is 0 Å². The van der Waals surface area contributed by atoms with E-state index in [2.05, 4.69) is 29.1 Å². The van der Waals surface area contributed by atoms with E-state index >= 15 is 0 Å². The van der Waals surface area contributed by atoms with E-state index < -0.39 is 0 Å². The zero-order valence-electron chi connectivity index (χ0n) is 11.1. The zero-order chi connectivity index (χ0) is 12.3. The van der Waals surface area contributed by atoms with E-state index in [1.807, 2.05) is 13.8 Å². The minimum Gasteiger partial charge on any atom is -0.372 e. The highest BCUT2D eigenvalue weighted by Crippen LogP contribution is 2.14. The first-order chi connectivity index (χ1) is 8.13. The molecule has 0 bridgehead atoms. The van der Waals surface area contributed by atoms with Gasteiger partial charge in [-0.3, -0.25) is 4.98 Å². The summed E-state index contributed by atoms with van der Waals surface area (Å²) in [5.74, 6) is 0. The third-order valence-corrected chi connectivity index (χ3v) is 3.21. The number of hydrogen-bond acceptors (Lipinski definition) is 3. The fourth-order valence-electron chi connectivity index (χ4n) is 2.47. The van der Waals surface area contributed by atoms with Gasteiger partial charge in [0.25, 0.3) is 0 Å². The fraction of sp³-hybridized carbons (Fsp3) is 0.643. The number of piperidine rings is 1. The van der Waals surface area contributed by atoms with Crippen molar-refractivity contribution in [2.45, 2.75) is 39.4 Å². The normalized spacial score (nSPS) is 21.7. The number of hydrogen-bond donors (Lipinski definition) is 0. The van der Waals surface area contributed by atoms with Gasteiger partial charge in [-0.25, -0.2) is 0 Å². The predicted molar refractivity (Wildman–Crippen MR) is 69.0 cm³/mol. The summed E-state index contributed by atoms with van der Waals surface area (Å²) in [6.07, 6.45) is 2.82. The number of likely N-dealkylation sites (tertiary alicyclic amines) is 1. The van der Waals surface area contributed by atoms with E-state index in [9.17, 15) is 0 Å². The van der Waals surface area contributed by atoms with E-state index in [0.717, 1.165) is 17.9 Å². The third-order valence-electron chi connectivity index (χ3n) is 3.21. The van der Waals surface area contributed by atoms with Crippen LogP contribution in [0.5, 0.6) is 0 Å². The summed E-state index contributed by atoms with van der Waals surface area (Å²) in [6.45, 7) is 7.04. The highest BCUT2D eigenvalue weighted by Gasteiger charge is 2.17. The fourth-order valence-corrected chi connectivity index (χ4v) is 2.47. The maximum atomic E-state index is 5.98. The summed E-state index contributed by atoms with van der Waals surface area (Å²) in [7, 11) is 2.16. The van der Waals surface area contributed by atoms with E-state index in [1.54, 1.807) is 0 Å². The van der Waals surface area contributed by atoms with E-state index in [4.69, 9.17) is 4.74 Å². The SMILES string of the molecule is Cc1cc(CO[C@@H]2CCCN(C)C2)cc(C)n1. The largest absolute Gasteiger partial charge is 0.372 e. The number of aromatic nitrogens is 1. The van der Waals surface area contributed by atoms with Gasteiger partial charge < -0.3 is 9.64 Å². The maximum Gasteiger partial charge on any atom is 0.0722 e. The zero-order valence-corrected chi connectivity index (χ0v) is 11.1. The second-order valence-corrected chi connectivity index (χ2v) is 5.10. The Morgan fingerprint density at radius 3 is 2.71 bits per heavy atom. The quantitative estimate of drug-likeness (QED) is 0.802. The Balaban J connectivity index is 1.88. The molecule has 2 rings (SSSR count). The topological polar surface area (TPSA) is 25.4 Å². The molecule has 3 nitrogen and oxygen atoms in total. The van der Waals surface area contributed by atoms with E-state index in [-0.39, 0.29) is 0 Å². The van der Waals surface area contributed by atoms with Crippen molar-refractivity contribution < 1.29 is 4.74 Å². The summed E-state index contributed by atoms with van der Waals surface area (Å²) >= 11 is 0. The van der Waals surface area contributed by atoms with Gasteiger partial charge >= 0.3 is 0 Å². The van der Waals surface area contributed by atoms with Crippen molar-refractivity contribution in [2.75, 3.05) is 20.1 Å². The lowest BCUT2D eigenvalue weighted by atomic mass is 10.1. The maximum absolute atomic E-state index is 5.98. The monoisotopic (exact) mass is 234 g/mol. The first kappa shape index (κ1) is 12.5. The highest BCUT2D eigenvalue weighted by molar-refractivity contribution is 5.19. The summed E-state index contributed by atoms with van der Waals surface area (Å²) < 4.78 is 5.98. The van der Waals surface area contributed by atoms with Crippen LogP contribution in [0.3, 0.4) is 0 Å². The lowest BCUT2D eigenvalue weighted by molar-refractivity contribution is -0.00361. The lowest BCUT2D eigenvalue weighted by Gasteiger charge is -2.29. The highest BCUT2D eigenvalue weighted by atomic mass is 16.5. The lowest BCUT2D eigenvalue weighted by Crippen LogP contribution is -2.36. The minimum atomic E-state index is 0.391. The van der Waals surface area contributed by atoms with Crippen LogP contribution >= 0.6 is 0 Å². The molecule has 0 saturated carbocycles. The molecule has 1 aliphatic heterocycles. The Bertz CT molecular complexity index is 358. The van der Waals surface area contributed by atoms with Crippen molar-refractivity contribution in [3.63, 3.8) is 0 Å². The van der Waals surface area contributed by atoms with Gasteiger partial charge in [-0.1, -0.05) is 0 Å². The molecule has 1 aliphatic rings. The Hall–Kier alpha value is -0.930. The van der Waals surface area contributed by atoms with Crippen molar-refractivity contribution in [3.05, 3.63) is 29.1 Å². The smallest absolute Gasteiger partial charge is 0.0722 e. The Labute approximate surface area is 104 Å². The first-order valence-corrected chi connectivity index (χ1v) is 6.38. The van der Waals surface area contributed by atoms with Crippen LogP contribution in [0.25, 0.3) is 0 Å². The van der Waals surface area contributed by atoms with Crippen LogP contribution < -0.4 is 0 Å². The second-order valence-electron chi connectivity index (χ2n) is 5.10. The summed E-state index contributed by atoms with van der Waals surface area (Å²) in [5, 5.41) is 0. The summed E-state index contributed by atoms with van der Waals surface area (Å²) in [4.78, 5) is 6.72. The van der Waals surface area contributed by atoms with Crippen LogP contribution in [0, 0.1) is 13.8 Å². The molecule has 1 atom stereocenters. The van der Waals surface area contributed by atoms with Crippen LogP contribution in [-0.4, -0.2) is 36.1 Å². The van der Waals surface area contributed by atoms with Crippen LogP contribution in [0.4, 0.5) is 0 Å². The summed E-state index contributed by atoms with van der Waals surface area (Å²) in [6, 6.07) is 4.22. The van der Waals surface area contributed by atoms with E-state index in [1.165, 1.54) is 24.9 Å². The number of ether oxygens (including phenoxy) is 1. The van der Waals surface area contributed by atoms with Crippen molar-refractivity contribution in [3.8, 4) is 0 Å². The van der Waals surface area contributed by atoms with Crippen LogP contribution in [0.15, 0.2) is 12.1 Å². The second kappa shape index (κ2) is 5.61. The van der Waals surface area contributed by atoms with Crippen LogP contribution in [0.2, 0.25) is 0 Å². The van der Waals surface area contributed by atoms with Gasteiger partial charge in [-0.15, -0.1) is 0 Å². The molecule has 0 unspecified atom stereocenters. The van der Waals surface area contributed by atoms with Gasteiger partial charge in [0.05, 0.1) is 12.7 Å². The van der Waals surface area contributed by atoms with Gasteiger partial charge in [0.2, 0.25) is 0 Å². The van der Waals surface area contributed by atoms with Gasteiger partial charge in [0, 0.05) is 17.9 Å². The minimum absolute atomic E-state index is 0.391. The average molecular weight is 234 g/mol. The standard InChI is InChI=1S/C14H22N2O/c1-11-7-13(8-12(2)15-11)10-17-14-5-4-6-16(3)9-14/h7-8,14H,4-6,9-10H2,1-3H3/t14-/m1/s1. The number of nitrogens with zero attached hydrogens (tertiary/aromatic N) is 2.